The van der Waals surface area contributed by atoms with Gasteiger partial charge in [-0.25, -0.2) is 9.37 Å². The normalized spacial score (nSPS) is 14.8. The largest absolute Gasteiger partial charge is 0.339 e. The summed E-state index contributed by atoms with van der Waals surface area (Å²) in [7, 11) is 0. The molecule has 3 aromatic rings. The summed E-state index contributed by atoms with van der Waals surface area (Å²) in [6.07, 6.45) is 0. The maximum atomic E-state index is 13.0. The van der Waals surface area contributed by atoms with Gasteiger partial charge in [0.1, 0.15) is 10.8 Å². The zero-order chi connectivity index (χ0) is 20.9. The first-order valence-corrected chi connectivity index (χ1v) is 11.9. The smallest absolute Gasteiger partial charge is 0.233 e. The second kappa shape index (κ2) is 9.92. The number of thioether (sulfide) groups is 1. The second-order valence-corrected chi connectivity index (χ2v) is 9.39. The summed E-state index contributed by atoms with van der Waals surface area (Å²) in [4.78, 5) is 22.4. The van der Waals surface area contributed by atoms with E-state index in [9.17, 15) is 9.18 Å². The first-order valence-electron chi connectivity index (χ1n) is 9.66. The Morgan fingerprint density at radius 1 is 1.07 bits per heavy atom. The van der Waals surface area contributed by atoms with Crippen LogP contribution >= 0.6 is 34.7 Å². The molecular formula is C22H21ClFN3OS2. The van der Waals surface area contributed by atoms with Crippen LogP contribution in [0, 0.1) is 5.82 Å². The number of carbonyl (C=O) groups is 1. The molecule has 0 atom stereocenters. The zero-order valence-corrected chi connectivity index (χ0v) is 18.7. The highest BCUT2D eigenvalue weighted by Crippen LogP contribution is 2.26. The standard InChI is InChI=1S/C22H21ClFN3OS2/c23-17-3-1-16(2-4-17)22-25-19(14-30-22)13-26-9-11-27(12-10-26)21(28)15-29-20-7-5-18(24)6-8-20/h1-8,14H,9-13,15H2. The third kappa shape index (κ3) is 5.60. The first-order chi connectivity index (χ1) is 14.6. The minimum absolute atomic E-state index is 0.127. The summed E-state index contributed by atoms with van der Waals surface area (Å²) in [6, 6.07) is 14.0. The lowest BCUT2D eigenvalue weighted by atomic mass is 10.2. The Kier molecular flexibility index (Phi) is 7.04. The fourth-order valence-electron chi connectivity index (χ4n) is 3.26. The molecule has 1 aliphatic heterocycles. The molecule has 0 N–H and O–H groups in total. The van der Waals surface area contributed by atoms with Gasteiger partial charge in [0.15, 0.2) is 0 Å². The van der Waals surface area contributed by atoms with Crippen molar-refractivity contribution in [1.82, 2.24) is 14.8 Å². The number of hydrogen-bond acceptors (Lipinski definition) is 5. The van der Waals surface area contributed by atoms with Crippen LogP contribution in [0.15, 0.2) is 58.8 Å². The van der Waals surface area contributed by atoms with Crippen molar-refractivity contribution in [3.63, 3.8) is 0 Å². The van der Waals surface area contributed by atoms with Gasteiger partial charge in [0, 0.05) is 53.6 Å². The Morgan fingerprint density at radius 3 is 2.47 bits per heavy atom. The molecule has 2 aromatic carbocycles. The van der Waals surface area contributed by atoms with Crippen LogP contribution in [0.4, 0.5) is 4.39 Å². The molecule has 0 aliphatic carbocycles. The zero-order valence-electron chi connectivity index (χ0n) is 16.3. The predicted molar refractivity (Wildman–Crippen MR) is 122 cm³/mol. The van der Waals surface area contributed by atoms with Crippen molar-refractivity contribution in [2.24, 2.45) is 0 Å². The molecule has 1 aliphatic rings. The lowest BCUT2D eigenvalue weighted by molar-refractivity contribution is -0.130. The van der Waals surface area contributed by atoms with Gasteiger partial charge in [-0.15, -0.1) is 23.1 Å². The summed E-state index contributed by atoms with van der Waals surface area (Å²) in [5, 5.41) is 3.81. The molecule has 1 fully saturated rings. The number of benzene rings is 2. The van der Waals surface area contributed by atoms with Gasteiger partial charge in [0.05, 0.1) is 11.4 Å². The van der Waals surface area contributed by atoms with Crippen LogP contribution in [0.1, 0.15) is 5.69 Å². The van der Waals surface area contributed by atoms with Gasteiger partial charge in [-0.1, -0.05) is 23.7 Å². The van der Waals surface area contributed by atoms with E-state index in [1.807, 2.05) is 29.2 Å². The van der Waals surface area contributed by atoms with E-state index in [2.05, 4.69) is 10.3 Å². The van der Waals surface area contributed by atoms with E-state index in [4.69, 9.17) is 16.6 Å². The number of aromatic nitrogens is 1. The third-order valence-corrected chi connectivity index (χ3v) is 7.12. The molecule has 1 saturated heterocycles. The number of carbonyl (C=O) groups excluding carboxylic acids is 1. The molecule has 30 heavy (non-hydrogen) atoms. The highest BCUT2D eigenvalue weighted by molar-refractivity contribution is 8.00. The van der Waals surface area contributed by atoms with Crippen LogP contribution in [0.5, 0.6) is 0 Å². The SMILES string of the molecule is O=C(CSc1ccc(F)cc1)N1CCN(Cc2csc(-c3ccc(Cl)cc3)n2)CC1. The molecule has 0 unspecified atom stereocenters. The summed E-state index contributed by atoms with van der Waals surface area (Å²) in [5.74, 6) is 0.243. The van der Waals surface area contributed by atoms with Crippen molar-refractivity contribution in [3.05, 3.63) is 70.4 Å². The van der Waals surface area contributed by atoms with Crippen molar-refractivity contribution >= 4 is 40.6 Å². The van der Waals surface area contributed by atoms with E-state index in [0.29, 0.717) is 5.75 Å². The topological polar surface area (TPSA) is 36.4 Å². The van der Waals surface area contributed by atoms with Crippen LogP contribution in [0.2, 0.25) is 5.02 Å². The van der Waals surface area contributed by atoms with Gasteiger partial charge >= 0.3 is 0 Å². The van der Waals surface area contributed by atoms with Crippen LogP contribution in [-0.2, 0) is 11.3 Å². The minimum atomic E-state index is -0.262. The highest BCUT2D eigenvalue weighted by atomic mass is 35.5. The highest BCUT2D eigenvalue weighted by Gasteiger charge is 2.21. The van der Waals surface area contributed by atoms with Crippen LogP contribution < -0.4 is 0 Å². The molecule has 1 amide bonds. The Morgan fingerprint density at radius 2 is 1.77 bits per heavy atom. The molecule has 156 valence electrons. The van der Waals surface area contributed by atoms with Gasteiger partial charge in [-0.3, -0.25) is 9.69 Å². The Bertz CT molecular complexity index is 986. The molecular weight excluding hydrogens is 441 g/mol. The van der Waals surface area contributed by atoms with Crippen molar-refractivity contribution in [1.29, 1.82) is 0 Å². The van der Waals surface area contributed by atoms with E-state index < -0.39 is 0 Å². The molecule has 2 heterocycles. The summed E-state index contributed by atoms with van der Waals surface area (Å²) < 4.78 is 13.0. The lowest BCUT2D eigenvalue weighted by Gasteiger charge is -2.34. The molecule has 0 radical (unpaired) electrons. The molecule has 0 saturated carbocycles. The average Bonchev–Trinajstić information content (AvgIpc) is 3.22. The number of hydrogen-bond donors (Lipinski definition) is 0. The van der Waals surface area contributed by atoms with E-state index in [1.165, 1.54) is 23.9 Å². The predicted octanol–water partition coefficient (Wildman–Crippen LogP) is 5.04. The molecule has 0 spiro atoms. The fraction of sp³-hybridized carbons (Fsp3) is 0.273. The maximum absolute atomic E-state index is 13.0. The average molecular weight is 462 g/mol. The Labute approximate surface area is 188 Å². The summed E-state index contributed by atoms with van der Waals surface area (Å²) in [5.41, 5.74) is 2.13. The van der Waals surface area contributed by atoms with Crippen molar-refractivity contribution in [2.45, 2.75) is 11.4 Å². The Hall–Kier alpha value is -1.93. The number of piperazine rings is 1. The van der Waals surface area contributed by atoms with Crippen LogP contribution in [-0.4, -0.2) is 52.6 Å². The number of thiazole rings is 1. The van der Waals surface area contributed by atoms with E-state index in [1.54, 1.807) is 23.5 Å². The van der Waals surface area contributed by atoms with Crippen LogP contribution in [0.25, 0.3) is 10.6 Å². The monoisotopic (exact) mass is 461 g/mol. The van der Waals surface area contributed by atoms with Gasteiger partial charge in [0.25, 0.3) is 0 Å². The maximum Gasteiger partial charge on any atom is 0.233 e. The number of halogens is 2. The van der Waals surface area contributed by atoms with Gasteiger partial charge in [0.2, 0.25) is 5.91 Å². The quantitative estimate of drug-likeness (QED) is 0.482. The van der Waals surface area contributed by atoms with E-state index in [0.717, 1.165) is 58.9 Å². The molecule has 4 nitrogen and oxygen atoms in total. The van der Waals surface area contributed by atoms with E-state index >= 15 is 0 Å². The van der Waals surface area contributed by atoms with Gasteiger partial charge < -0.3 is 4.90 Å². The lowest BCUT2D eigenvalue weighted by Crippen LogP contribution is -2.48. The Balaban J connectivity index is 1.24. The molecule has 0 bridgehead atoms. The van der Waals surface area contributed by atoms with Gasteiger partial charge in [-0.2, -0.15) is 0 Å². The molecule has 8 heteroatoms. The third-order valence-electron chi connectivity index (χ3n) is 4.93. The molecule has 1 aromatic heterocycles. The molecule has 4 rings (SSSR count). The van der Waals surface area contributed by atoms with Crippen molar-refractivity contribution in [2.75, 3.05) is 31.9 Å². The van der Waals surface area contributed by atoms with E-state index in [-0.39, 0.29) is 11.7 Å². The summed E-state index contributed by atoms with van der Waals surface area (Å²) in [6.45, 7) is 3.89. The number of nitrogens with zero attached hydrogens (tertiary/aromatic N) is 3. The summed E-state index contributed by atoms with van der Waals surface area (Å²) >= 11 is 9.04. The number of rotatable bonds is 6. The van der Waals surface area contributed by atoms with Crippen LogP contribution in [0.3, 0.4) is 0 Å². The van der Waals surface area contributed by atoms with Crippen molar-refractivity contribution < 1.29 is 9.18 Å². The second-order valence-electron chi connectivity index (χ2n) is 7.05. The van der Waals surface area contributed by atoms with Gasteiger partial charge in [-0.05, 0) is 36.4 Å². The fourth-order valence-corrected chi connectivity index (χ4v) is 5.00. The first kappa shape index (κ1) is 21.3. The minimum Gasteiger partial charge on any atom is -0.339 e. The number of amides is 1. The van der Waals surface area contributed by atoms with Crippen molar-refractivity contribution in [3.8, 4) is 10.6 Å².